The molecular weight excluding hydrogens is 289 g/mol. The van der Waals surface area contributed by atoms with Crippen LogP contribution in [-0.4, -0.2) is 27.9 Å². The van der Waals surface area contributed by atoms with Gasteiger partial charge in [0, 0.05) is 17.9 Å². The van der Waals surface area contributed by atoms with E-state index in [0.717, 1.165) is 25.0 Å². The maximum absolute atomic E-state index is 5.77. The van der Waals surface area contributed by atoms with E-state index in [9.17, 15) is 0 Å². The second-order valence-electron chi connectivity index (χ2n) is 4.20. The van der Waals surface area contributed by atoms with Crippen molar-refractivity contribution in [3.05, 3.63) is 17.4 Å². The fourth-order valence-electron chi connectivity index (χ4n) is 2.03. The monoisotopic (exact) mass is 303 g/mol. The molecule has 3 nitrogen and oxygen atoms in total. The first-order chi connectivity index (χ1) is 7.66. The lowest BCUT2D eigenvalue weighted by Gasteiger charge is -2.33. The molecule has 0 amide bonds. The molecule has 1 saturated heterocycles. The molecule has 0 spiro atoms. The van der Waals surface area contributed by atoms with Crippen LogP contribution < -0.4 is 4.90 Å². The molecule has 1 aromatic rings. The molecule has 1 aliphatic rings. The van der Waals surface area contributed by atoms with Crippen molar-refractivity contribution in [3.63, 3.8) is 0 Å². The molecule has 5 heteroatoms. The van der Waals surface area contributed by atoms with Crippen LogP contribution in [-0.2, 0) is 0 Å². The Morgan fingerprint density at radius 3 is 2.44 bits per heavy atom. The quantitative estimate of drug-likeness (QED) is 0.786. The van der Waals surface area contributed by atoms with Crippen molar-refractivity contribution in [2.24, 2.45) is 5.92 Å². The smallest absolute Gasteiger partial charge is 0.225 e. The third-order valence-corrected chi connectivity index (χ3v) is 4.02. The van der Waals surface area contributed by atoms with Gasteiger partial charge in [-0.25, -0.2) is 9.97 Å². The Hall–Kier alpha value is -0.350. The van der Waals surface area contributed by atoms with Gasteiger partial charge in [0.25, 0.3) is 0 Å². The normalized spacial score (nSPS) is 19.8. The molecule has 0 N–H and O–H groups in total. The van der Waals surface area contributed by atoms with Crippen LogP contribution in [0.15, 0.2) is 12.4 Å². The molecule has 1 unspecified atom stereocenters. The molecular formula is C11H15BrClN3. The van der Waals surface area contributed by atoms with Crippen LogP contribution in [0.1, 0.15) is 19.8 Å². The first kappa shape index (κ1) is 12.1. The Kier molecular flexibility index (Phi) is 4.03. The Balaban J connectivity index is 1.96. The van der Waals surface area contributed by atoms with E-state index < -0.39 is 0 Å². The summed E-state index contributed by atoms with van der Waals surface area (Å²) in [5.41, 5.74) is 0. The van der Waals surface area contributed by atoms with Crippen LogP contribution in [0.4, 0.5) is 5.95 Å². The minimum Gasteiger partial charge on any atom is -0.341 e. The minimum atomic E-state index is 0.590. The number of anilines is 1. The molecule has 2 rings (SSSR count). The van der Waals surface area contributed by atoms with Crippen molar-refractivity contribution in [1.82, 2.24) is 9.97 Å². The van der Waals surface area contributed by atoms with Crippen molar-refractivity contribution < 1.29 is 0 Å². The van der Waals surface area contributed by atoms with E-state index in [2.05, 4.69) is 37.7 Å². The second-order valence-corrected chi connectivity index (χ2v) is 6.08. The molecule has 2 heterocycles. The fraction of sp³-hybridized carbons (Fsp3) is 0.636. The SMILES string of the molecule is CC(Br)C1CCN(c2ncc(Cl)cn2)CC1. The van der Waals surface area contributed by atoms with Crippen LogP contribution in [0, 0.1) is 5.92 Å². The summed E-state index contributed by atoms with van der Waals surface area (Å²) in [5, 5.41) is 0.590. The van der Waals surface area contributed by atoms with Crippen molar-refractivity contribution in [2.75, 3.05) is 18.0 Å². The molecule has 0 aromatic carbocycles. The molecule has 88 valence electrons. The van der Waals surface area contributed by atoms with E-state index in [4.69, 9.17) is 11.6 Å². The average molecular weight is 305 g/mol. The number of halogens is 2. The van der Waals surface area contributed by atoms with Crippen molar-refractivity contribution in [2.45, 2.75) is 24.6 Å². The number of alkyl halides is 1. The summed E-state index contributed by atoms with van der Waals surface area (Å²) < 4.78 is 0. The van der Waals surface area contributed by atoms with Crippen LogP contribution in [0.5, 0.6) is 0 Å². The van der Waals surface area contributed by atoms with Gasteiger partial charge in [0.15, 0.2) is 0 Å². The van der Waals surface area contributed by atoms with Gasteiger partial charge in [-0.3, -0.25) is 0 Å². The highest BCUT2D eigenvalue weighted by molar-refractivity contribution is 9.09. The van der Waals surface area contributed by atoms with Gasteiger partial charge >= 0.3 is 0 Å². The predicted octanol–water partition coefficient (Wildman–Crippen LogP) is 3.13. The van der Waals surface area contributed by atoms with E-state index in [1.165, 1.54) is 12.8 Å². The number of piperidine rings is 1. The van der Waals surface area contributed by atoms with Crippen LogP contribution >= 0.6 is 27.5 Å². The van der Waals surface area contributed by atoms with Gasteiger partial charge < -0.3 is 4.90 Å². The Bertz CT molecular complexity index is 334. The third-order valence-electron chi connectivity index (χ3n) is 3.08. The van der Waals surface area contributed by atoms with E-state index in [1.54, 1.807) is 12.4 Å². The zero-order valence-corrected chi connectivity index (χ0v) is 11.6. The van der Waals surface area contributed by atoms with Gasteiger partial charge in [-0.1, -0.05) is 34.5 Å². The van der Waals surface area contributed by atoms with Crippen molar-refractivity contribution in [3.8, 4) is 0 Å². The lowest BCUT2D eigenvalue weighted by Crippen LogP contribution is -2.36. The molecule has 0 aliphatic carbocycles. The molecule has 1 atom stereocenters. The molecule has 1 aliphatic heterocycles. The minimum absolute atomic E-state index is 0.590. The van der Waals surface area contributed by atoms with Gasteiger partial charge in [0.1, 0.15) is 0 Å². The lowest BCUT2D eigenvalue weighted by atomic mass is 9.94. The highest BCUT2D eigenvalue weighted by Gasteiger charge is 2.23. The molecule has 1 aromatic heterocycles. The summed E-state index contributed by atoms with van der Waals surface area (Å²) in [5.74, 6) is 1.56. The van der Waals surface area contributed by atoms with E-state index >= 15 is 0 Å². The highest BCUT2D eigenvalue weighted by Crippen LogP contribution is 2.26. The average Bonchev–Trinajstić information content (AvgIpc) is 2.30. The summed E-state index contributed by atoms with van der Waals surface area (Å²) in [6.45, 7) is 4.28. The molecule has 0 radical (unpaired) electrons. The number of nitrogens with zero attached hydrogens (tertiary/aromatic N) is 3. The summed E-state index contributed by atoms with van der Waals surface area (Å²) in [6, 6.07) is 0. The third kappa shape index (κ3) is 2.86. The zero-order chi connectivity index (χ0) is 11.5. The molecule has 0 saturated carbocycles. The maximum Gasteiger partial charge on any atom is 0.225 e. The Labute approximate surface area is 109 Å². The van der Waals surface area contributed by atoms with Gasteiger partial charge in [-0.05, 0) is 18.8 Å². The van der Waals surface area contributed by atoms with Crippen LogP contribution in [0.25, 0.3) is 0 Å². The summed E-state index contributed by atoms with van der Waals surface area (Å²) in [4.78, 5) is 11.3. The maximum atomic E-state index is 5.77. The molecule has 0 bridgehead atoms. The first-order valence-corrected chi connectivity index (χ1v) is 6.83. The number of hydrogen-bond acceptors (Lipinski definition) is 3. The second kappa shape index (κ2) is 5.32. The van der Waals surface area contributed by atoms with Crippen LogP contribution in [0.2, 0.25) is 5.02 Å². The van der Waals surface area contributed by atoms with Crippen molar-refractivity contribution in [1.29, 1.82) is 0 Å². The van der Waals surface area contributed by atoms with Gasteiger partial charge in [0.05, 0.1) is 17.4 Å². The fourth-order valence-corrected chi connectivity index (χ4v) is 2.65. The lowest BCUT2D eigenvalue weighted by molar-refractivity contribution is 0.404. The van der Waals surface area contributed by atoms with E-state index in [-0.39, 0.29) is 0 Å². The molecule has 1 fully saturated rings. The Morgan fingerprint density at radius 1 is 1.38 bits per heavy atom. The van der Waals surface area contributed by atoms with E-state index in [0.29, 0.717) is 9.85 Å². The number of rotatable bonds is 2. The predicted molar refractivity (Wildman–Crippen MR) is 70.4 cm³/mol. The highest BCUT2D eigenvalue weighted by atomic mass is 79.9. The Morgan fingerprint density at radius 2 is 1.94 bits per heavy atom. The standard InChI is InChI=1S/C11H15BrClN3/c1-8(12)9-2-4-16(5-3-9)11-14-6-10(13)7-15-11/h6-9H,2-5H2,1H3. The van der Waals surface area contributed by atoms with Gasteiger partial charge in [0.2, 0.25) is 5.95 Å². The first-order valence-electron chi connectivity index (χ1n) is 5.53. The summed E-state index contributed by atoms with van der Waals surface area (Å²) in [7, 11) is 0. The summed E-state index contributed by atoms with van der Waals surface area (Å²) >= 11 is 9.42. The summed E-state index contributed by atoms with van der Waals surface area (Å²) in [6.07, 6.45) is 5.70. The van der Waals surface area contributed by atoms with Gasteiger partial charge in [-0.15, -0.1) is 0 Å². The van der Waals surface area contributed by atoms with E-state index in [1.807, 2.05) is 0 Å². The number of aromatic nitrogens is 2. The zero-order valence-electron chi connectivity index (χ0n) is 9.24. The molecule has 16 heavy (non-hydrogen) atoms. The van der Waals surface area contributed by atoms with Crippen molar-refractivity contribution >= 4 is 33.5 Å². The van der Waals surface area contributed by atoms with Crippen LogP contribution in [0.3, 0.4) is 0 Å². The number of hydrogen-bond donors (Lipinski definition) is 0. The topological polar surface area (TPSA) is 29.0 Å². The van der Waals surface area contributed by atoms with Gasteiger partial charge in [-0.2, -0.15) is 0 Å². The largest absolute Gasteiger partial charge is 0.341 e.